The topological polar surface area (TPSA) is 60.2 Å². The summed E-state index contributed by atoms with van der Waals surface area (Å²) in [5, 5.41) is 10.7. The lowest BCUT2D eigenvalue weighted by Crippen LogP contribution is -2.52. The predicted octanol–water partition coefficient (Wildman–Crippen LogP) is 3.97. The largest absolute Gasteiger partial charge is 0.326 e. The van der Waals surface area contributed by atoms with E-state index in [1.807, 2.05) is 30.1 Å². The lowest BCUT2D eigenvalue weighted by atomic mass is 9.81. The fourth-order valence-corrected chi connectivity index (χ4v) is 4.70. The fourth-order valence-electron chi connectivity index (χ4n) is 3.61. The van der Waals surface area contributed by atoms with Crippen LogP contribution in [0.4, 0.5) is 0 Å². The summed E-state index contributed by atoms with van der Waals surface area (Å²) in [6, 6.07) is 10.6. The first-order valence-electron chi connectivity index (χ1n) is 9.20. The second-order valence-electron chi connectivity index (χ2n) is 7.27. The summed E-state index contributed by atoms with van der Waals surface area (Å²) in [6.07, 6.45) is 4.75. The predicted molar refractivity (Wildman–Crippen MR) is 105 cm³/mol. The van der Waals surface area contributed by atoms with Crippen LogP contribution < -0.4 is 0 Å². The van der Waals surface area contributed by atoms with Gasteiger partial charge < -0.3 is 4.90 Å². The number of nitriles is 1. The normalized spacial score (nSPS) is 17.8. The molecule has 1 aliphatic carbocycles. The zero-order valence-electron chi connectivity index (χ0n) is 15.7. The Morgan fingerprint density at radius 1 is 1.31 bits per heavy atom. The van der Waals surface area contributed by atoms with Gasteiger partial charge in [0.25, 0.3) is 0 Å². The van der Waals surface area contributed by atoms with Gasteiger partial charge in [-0.05, 0) is 38.9 Å². The maximum atomic E-state index is 12.8. The lowest BCUT2D eigenvalue weighted by Gasteiger charge is -2.40. The first-order chi connectivity index (χ1) is 12.5. The van der Waals surface area contributed by atoms with Gasteiger partial charge in [0.15, 0.2) is 0 Å². The molecule has 0 unspecified atom stereocenters. The fraction of sp³-hybridized carbons (Fsp3) is 0.550. The molecule has 1 aromatic heterocycles. The molecular weight excluding hydrogens is 344 g/mol. The SMILES string of the molecule is C[C@H](c1nc2ccccc2s1)N(C)CC(=O)N(C)C1(C#N)CCCCC1. The van der Waals surface area contributed by atoms with Gasteiger partial charge in [-0.15, -0.1) is 11.3 Å². The van der Waals surface area contributed by atoms with E-state index < -0.39 is 5.54 Å². The number of benzene rings is 1. The van der Waals surface area contributed by atoms with Crippen molar-refractivity contribution in [3.05, 3.63) is 29.3 Å². The van der Waals surface area contributed by atoms with Gasteiger partial charge >= 0.3 is 0 Å². The molecular formula is C20H26N4OS. The molecule has 3 rings (SSSR count). The maximum absolute atomic E-state index is 12.8. The molecule has 0 saturated heterocycles. The Morgan fingerprint density at radius 2 is 2.00 bits per heavy atom. The third-order valence-electron chi connectivity index (χ3n) is 5.62. The van der Waals surface area contributed by atoms with Crippen molar-refractivity contribution in [2.45, 2.75) is 50.6 Å². The third-order valence-corrected chi connectivity index (χ3v) is 6.83. The molecule has 1 aliphatic rings. The summed E-state index contributed by atoms with van der Waals surface area (Å²) in [7, 11) is 3.73. The molecule has 1 fully saturated rings. The average Bonchev–Trinajstić information content (AvgIpc) is 3.11. The first-order valence-corrected chi connectivity index (χ1v) is 10.0. The van der Waals surface area contributed by atoms with Crippen molar-refractivity contribution in [1.82, 2.24) is 14.8 Å². The molecule has 1 heterocycles. The van der Waals surface area contributed by atoms with Crippen LogP contribution in [0, 0.1) is 11.3 Å². The minimum absolute atomic E-state index is 0.00362. The Bertz CT molecular complexity index is 786. The Morgan fingerprint density at radius 3 is 2.65 bits per heavy atom. The molecule has 0 radical (unpaired) electrons. The number of carbonyl (C=O) groups excluding carboxylic acids is 1. The number of para-hydroxylation sites is 1. The van der Waals surface area contributed by atoms with Crippen LogP contribution in [0.2, 0.25) is 0 Å². The average molecular weight is 371 g/mol. The molecule has 1 atom stereocenters. The summed E-state index contributed by atoms with van der Waals surface area (Å²) >= 11 is 1.67. The number of hydrogen-bond donors (Lipinski definition) is 0. The zero-order chi connectivity index (χ0) is 18.7. The number of carbonyl (C=O) groups is 1. The van der Waals surface area contributed by atoms with Crippen molar-refractivity contribution in [2.24, 2.45) is 0 Å². The minimum atomic E-state index is -0.630. The van der Waals surface area contributed by atoms with E-state index in [2.05, 4.69) is 19.1 Å². The molecule has 1 aromatic carbocycles. The van der Waals surface area contributed by atoms with Crippen LogP contribution in [0.15, 0.2) is 24.3 Å². The Balaban J connectivity index is 1.69. The monoisotopic (exact) mass is 370 g/mol. The van der Waals surface area contributed by atoms with Crippen LogP contribution >= 0.6 is 11.3 Å². The van der Waals surface area contributed by atoms with Crippen LogP contribution in [0.3, 0.4) is 0 Å². The summed E-state index contributed by atoms with van der Waals surface area (Å²) in [5.41, 5.74) is 0.372. The molecule has 1 amide bonds. The van der Waals surface area contributed by atoms with Crippen LogP contribution in [-0.4, -0.2) is 46.9 Å². The second kappa shape index (κ2) is 7.73. The Hall–Kier alpha value is -1.97. The zero-order valence-corrected chi connectivity index (χ0v) is 16.6. The first kappa shape index (κ1) is 18.8. The molecule has 0 spiro atoms. The third kappa shape index (κ3) is 3.60. The van der Waals surface area contributed by atoms with E-state index in [1.54, 1.807) is 23.3 Å². The molecule has 2 aromatic rings. The summed E-state index contributed by atoms with van der Waals surface area (Å²) in [4.78, 5) is 21.3. The highest BCUT2D eigenvalue weighted by Gasteiger charge is 2.39. The second-order valence-corrected chi connectivity index (χ2v) is 8.33. The van der Waals surface area contributed by atoms with Crippen LogP contribution in [0.5, 0.6) is 0 Å². The Kier molecular flexibility index (Phi) is 5.59. The standard InChI is InChI=1S/C20H26N4OS/c1-15(19-22-16-9-5-6-10-17(16)26-19)23(2)13-18(25)24(3)20(14-21)11-7-4-8-12-20/h5-6,9-10,15H,4,7-8,11-13H2,1-3H3/t15-/m1/s1. The number of likely N-dealkylation sites (N-methyl/N-ethyl adjacent to an activating group) is 2. The van der Waals surface area contributed by atoms with Crippen molar-refractivity contribution >= 4 is 27.5 Å². The van der Waals surface area contributed by atoms with Gasteiger partial charge in [-0.25, -0.2) is 4.98 Å². The summed E-state index contributed by atoms with van der Waals surface area (Å²) < 4.78 is 1.16. The van der Waals surface area contributed by atoms with Gasteiger partial charge in [-0.2, -0.15) is 5.26 Å². The molecule has 0 aliphatic heterocycles. The molecule has 0 N–H and O–H groups in total. The highest BCUT2D eigenvalue weighted by atomic mass is 32.1. The quantitative estimate of drug-likeness (QED) is 0.799. The highest BCUT2D eigenvalue weighted by Crippen LogP contribution is 2.33. The molecule has 1 saturated carbocycles. The number of fused-ring (bicyclic) bond motifs is 1. The van der Waals surface area contributed by atoms with E-state index in [0.29, 0.717) is 0 Å². The number of nitrogens with zero attached hydrogens (tertiary/aromatic N) is 4. The van der Waals surface area contributed by atoms with E-state index in [0.717, 1.165) is 47.3 Å². The number of thiazole rings is 1. The van der Waals surface area contributed by atoms with Crippen LogP contribution in [0.25, 0.3) is 10.2 Å². The van der Waals surface area contributed by atoms with Crippen LogP contribution in [0.1, 0.15) is 50.1 Å². The van der Waals surface area contributed by atoms with Gasteiger partial charge in [0.1, 0.15) is 10.5 Å². The van der Waals surface area contributed by atoms with Gasteiger partial charge in [-0.1, -0.05) is 31.4 Å². The van der Waals surface area contributed by atoms with Gasteiger partial charge in [0, 0.05) is 7.05 Å². The minimum Gasteiger partial charge on any atom is -0.326 e. The van der Waals surface area contributed by atoms with E-state index in [4.69, 9.17) is 4.98 Å². The van der Waals surface area contributed by atoms with E-state index >= 15 is 0 Å². The number of rotatable bonds is 5. The van der Waals surface area contributed by atoms with E-state index in [9.17, 15) is 10.1 Å². The molecule has 138 valence electrons. The van der Waals surface area contributed by atoms with E-state index in [1.165, 1.54) is 0 Å². The van der Waals surface area contributed by atoms with Gasteiger partial charge in [0.05, 0.1) is 28.9 Å². The lowest BCUT2D eigenvalue weighted by molar-refractivity contribution is -0.136. The molecule has 0 bridgehead atoms. The molecule has 6 heteroatoms. The Labute approximate surface area is 159 Å². The van der Waals surface area contributed by atoms with Crippen molar-refractivity contribution in [2.75, 3.05) is 20.6 Å². The van der Waals surface area contributed by atoms with Gasteiger partial charge in [-0.3, -0.25) is 9.69 Å². The number of amides is 1. The molecule has 5 nitrogen and oxygen atoms in total. The highest BCUT2D eigenvalue weighted by molar-refractivity contribution is 7.18. The van der Waals surface area contributed by atoms with Crippen molar-refractivity contribution in [3.63, 3.8) is 0 Å². The molecule has 26 heavy (non-hydrogen) atoms. The number of hydrogen-bond acceptors (Lipinski definition) is 5. The van der Waals surface area contributed by atoms with Crippen molar-refractivity contribution in [3.8, 4) is 6.07 Å². The van der Waals surface area contributed by atoms with Crippen LogP contribution in [-0.2, 0) is 4.79 Å². The van der Waals surface area contributed by atoms with Crippen molar-refractivity contribution in [1.29, 1.82) is 5.26 Å². The number of aromatic nitrogens is 1. The van der Waals surface area contributed by atoms with Crippen molar-refractivity contribution < 1.29 is 4.79 Å². The smallest absolute Gasteiger partial charge is 0.237 e. The van der Waals surface area contributed by atoms with E-state index in [-0.39, 0.29) is 18.5 Å². The summed E-state index contributed by atoms with van der Waals surface area (Å²) in [5.74, 6) is 0.00362. The van der Waals surface area contributed by atoms with Gasteiger partial charge in [0.2, 0.25) is 5.91 Å². The summed E-state index contributed by atoms with van der Waals surface area (Å²) in [6.45, 7) is 2.36. The maximum Gasteiger partial charge on any atom is 0.237 e.